The lowest BCUT2D eigenvalue weighted by Crippen LogP contribution is -2.04. The van der Waals surface area contributed by atoms with E-state index >= 15 is 0 Å². The van der Waals surface area contributed by atoms with Crippen molar-refractivity contribution in [1.29, 1.82) is 0 Å². The average Bonchev–Trinajstić information content (AvgIpc) is 3.33. The number of hydrogen-bond donors (Lipinski definition) is 2. The molecule has 0 saturated carbocycles. The molecule has 4 nitrogen and oxygen atoms in total. The Morgan fingerprint density at radius 3 is 0.797 bits per heavy atom. The fraction of sp³-hybridized carbons (Fsp3) is 0.844. The molecule has 69 heavy (non-hydrogen) atoms. The van der Waals surface area contributed by atoms with Crippen LogP contribution in [0.2, 0.25) is 0 Å². The van der Waals surface area contributed by atoms with Gasteiger partial charge in [-0.1, -0.05) is 340 Å². The van der Waals surface area contributed by atoms with Crippen LogP contribution >= 0.6 is 0 Å². The highest BCUT2D eigenvalue weighted by Gasteiger charge is 2.14. The van der Waals surface area contributed by atoms with Gasteiger partial charge in [0.25, 0.3) is 0 Å². The maximum absolute atomic E-state index is 8.74. The van der Waals surface area contributed by atoms with Crippen LogP contribution in [0.25, 0.3) is 10.8 Å². The summed E-state index contributed by atoms with van der Waals surface area (Å²) in [5.74, 6) is 0. The lowest BCUT2D eigenvalue weighted by Gasteiger charge is -2.19. The van der Waals surface area contributed by atoms with Crippen molar-refractivity contribution in [2.75, 3.05) is 0 Å². The summed E-state index contributed by atoms with van der Waals surface area (Å²) in [5, 5.41) is 3.09. The molecule has 0 atom stereocenters. The van der Waals surface area contributed by atoms with Gasteiger partial charge in [0.2, 0.25) is 0 Å². The molecule has 0 amide bonds. The molecule has 0 aliphatic rings. The van der Waals surface area contributed by atoms with E-state index in [4.69, 9.17) is 17.5 Å². The van der Waals surface area contributed by atoms with Crippen molar-refractivity contribution in [2.24, 2.45) is 0 Å². The summed E-state index contributed by atoms with van der Waals surface area (Å²) in [6.45, 7) is 6.96. The lowest BCUT2D eigenvalue weighted by atomic mass is 9.86. The average molecular weight is 984 g/mol. The minimum Gasteiger partial charge on any atom is -0.264 e. The highest BCUT2D eigenvalue weighted by atomic mass is 32.3. The summed E-state index contributed by atoms with van der Waals surface area (Å²) in [4.78, 5) is 0. The topological polar surface area (TPSA) is 74.6 Å². The second kappa shape index (κ2) is 50.1. The van der Waals surface area contributed by atoms with Crippen LogP contribution in [0.3, 0.4) is 0 Å². The van der Waals surface area contributed by atoms with Gasteiger partial charge in [0.1, 0.15) is 0 Å². The van der Waals surface area contributed by atoms with E-state index in [-0.39, 0.29) is 0 Å². The van der Waals surface area contributed by atoms with Crippen LogP contribution < -0.4 is 0 Å². The highest BCUT2D eigenvalue weighted by Crippen LogP contribution is 2.31. The van der Waals surface area contributed by atoms with E-state index < -0.39 is 10.4 Å². The van der Waals surface area contributed by atoms with Crippen LogP contribution in [0.15, 0.2) is 30.3 Å². The molecule has 0 aliphatic heterocycles. The molecule has 404 valence electrons. The molecule has 0 saturated heterocycles. The smallest absolute Gasteiger partial charge is 0.264 e. The van der Waals surface area contributed by atoms with Crippen LogP contribution in [-0.4, -0.2) is 17.5 Å². The van der Waals surface area contributed by atoms with Crippen LogP contribution in [0.5, 0.6) is 0 Å². The Bertz CT molecular complexity index is 1460. The highest BCUT2D eigenvalue weighted by molar-refractivity contribution is 7.79. The minimum atomic E-state index is -4.67. The first-order chi connectivity index (χ1) is 33.8. The van der Waals surface area contributed by atoms with Crippen LogP contribution in [-0.2, 0) is 29.7 Å². The normalized spacial score (nSPS) is 11.7. The van der Waals surface area contributed by atoms with E-state index in [1.165, 1.54) is 333 Å². The molecule has 0 aromatic heterocycles. The van der Waals surface area contributed by atoms with Gasteiger partial charge in [0, 0.05) is 0 Å². The van der Waals surface area contributed by atoms with Crippen molar-refractivity contribution in [2.45, 2.75) is 348 Å². The van der Waals surface area contributed by atoms with Gasteiger partial charge in [-0.15, -0.1) is 0 Å². The molecule has 0 spiro atoms. The van der Waals surface area contributed by atoms with E-state index in [0.717, 1.165) is 0 Å². The molecular formula is C64H118O4S. The van der Waals surface area contributed by atoms with Gasteiger partial charge in [0.15, 0.2) is 0 Å². The largest absolute Gasteiger partial charge is 0.394 e. The third-order valence-electron chi connectivity index (χ3n) is 15.2. The molecule has 0 aliphatic carbocycles. The summed E-state index contributed by atoms with van der Waals surface area (Å²) in [5.41, 5.74) is 5.25. The number of aryl methyl sites for hydroxylation is 2. The Balaban J connectivity index is 0.00000451. The van der Waals surface area contributed by atoms with E-state index in [1.807, 2.05) is 0 Å². The molecular weight excluding hydrogens is 865 g/mol. The Hall–Kier alpha value is -1.43. The first-order valence-electron chi connectivity index (χ1n) is 31.0. The fourth-order valence-corrected chi connectivity index (χ4v) is 10.9. The van der Waals surface area contributed by atoms with Crippen molar-refractivity contribution >= 4 is 21.2 Å². The van der Waals surface area contributed by atoms with Crippen LogP contribution in [0.4, 0.5) is 0 Å². The Kier molecular flexibility index (Phi) is 47.6. The Morgan fingerprint density at radius 1 is 0.304 bits per heavy atom. The molecule has 2 aromatic carbocycles. The predicted molar refractivity (Wildman–Crippen MR) is 308 cm³/mol. The quantitative estimate of drug-likeness (QED) is 0.0512. The monoisotopic (exact) mass is 983 g/mol. The van der Waals surface area contributed by atoms with Gasteiger partial charge in [-0.3, -0.25) is 9.11 Å². The fourth-order valence-electron chi connectivity index (χ4n) is 10.9. The number of rotatable bonds is 51. The van der Waals surface area contributed by atoms with Crippen molar-refractivity contribution in [3.05, 3.63) is 47.0 Å². The SMILES string of the molecule is CCCCCCCCCCCCCCCCCCc1cc2ccccc2c(CCCCCCCCCCCCCCCCCC)c1CCCCCCCCCCCCCCCCCC.O=S(=O)(O)O. The summed E-state index contributed by atoms with van der Waals surface area (Å²) in [7, 11) is -4.67. The van der Waals surface area contributed by atoms with Gasteiger partial charge < -0.3 is 0 Å². The zero-order valence-corrected chi connectivity index (χ0v) is 47.4. The van der Waals surface area contributed by atoms with E-state index in [9.17, 15) is 0 Å². The predicted octanol–water partition coefficient (Wildman–Crippen LogP) is 22.6. The van der Waals surface area contributed by atoms with Crippen LogP contribution in [0.1, 0.15) is 346 Å². The molecule has 0 radical (unpaired) electrons. The third-order valence-corrected chi connectivity index (χ3v) is 15.2. The second-order valence-electron chi connectivity index (χ2n) is 21.8. The zero-order valence-electron chi connectivity index (χ0n) is 46.6. The minimum absolute atomic E-state index is 1.29. The molecule has 0 bridgehead atoms. The van der Waals surface area contributed by atoms with Gasteiger partial charge in [-0.2, -0.15) is 8.42 Å². The second-order valence-corrected chi connectivity index (χ2v) is 22.7. The molecule has 2 N–H and O–H groups in total. The summed E-state index contributed by atoms with van der Waals surface area (Å²) in [6.07, 6.45) is 73.4. The summed E-state index contributed by atoms with van der Waals surface area (Å²) < 4.78 is 31.6. The van der Waals surface area contributed by atoms with Crippen molar-refractivity contribution < 1.29 is 17.5 Å². The van der Waals surface area contributed by atoms with E-state index in [1.54, 1.807) is 22.1 Å². The molecule has 0 fully saturated rings. The van der Waals surface area contributed by atoms with Gasteiger partial charge in [-0.25, -0.2) is 0 Å². The van der Waals surface area contributed by atoms with Crippen molar-refractivity contribution in [3.63, 3.8) is 0 Å². The molecule has 0 heterocycles. The molecule has 5 heteroatoms. The molecule has 0 unspecified atom stereocenters. The molecule has 2 aromatic rings. The Labute approximate surface area is 431 Å². The molecule has 2 rings (SSSR count). The van der Waals surface area contributed by atoms with Crippen molar-refractivity contribution in [3.8, 4) is 0 Å². The van der Waals surface area contributed by atoms with Gasteiger partial charge in [0.05, 0.1) is 0 Å². The summed E-state index contributed by atoms with van der Waals surface area (Å²) >= 11 is 0. The number of hydrogen-bond acceptors (Lipinski definition) is 2. The third kappa shape index (κ3) is 43.8. The standard InChI is InChI=1S/C64H116.H2O4S/c1-4-7-10-13-16-19-22-25-28-31-34-37-40-43-46-49-54-60-59-61-55-52-53-57-63(61)64(58-51-48-45-42-39-36-33-30-27-24-21-18-15-12-9-6-3)62(60)56-50-47-44-41-38-35-32-29-26-23-20-17-14-11-8-5-2;1-5(2,3)4/h52-53,55,57,59H,4-51,54,56,58H2,1-3H3;(H2,1,2,3,4). The maximum atomic E-state index is 8.74. The first-order valence-corrected chi connectivity index (χ1v) is 32.4. The zero-order chi connectivity index (χ0) is 50.0. The van der Waals surface area contributed by atoms with Gasteiger partial charge >= 0.3 is 10.4 Å². The van der Waals surface area contributed by atoms with E-state index in [2.05, 4.69) is 51.1 Å². The van der Waals surface area contributed by atoms with Gasteiger partial charge in [-0.05, 0) is 66.0 Å². The number of unbranched alkanes of at least 4 members (excludes halogenated alkanes) is 45. The number of benzene rings is 2. The Morgan fingerprint density at radius 2 is 0.522 bits per heavy atom. The lowest BCUT2D eigenvalue weighted by molar-refractivity contribution is 0.381. The van der Waals surface area contributed by atoms with E-state index in [0.29, 0.717) is 0 Å². The first kappa shape index (κ1) is 65.6. The van der Waals surface area contributed by atoms with Crippen LogP contribution in [0, 0.1) is 0 Å². The number of fused-ring (bicyclic) bond motifs is 1. The van der Waals surface area contributed by atoms with Crippen molar-refractivity contribution in [1.82, 2.24) is 0 Å². The maximum Gasteiger partial charge on any atom is 0.394 e. The summed E-state index contributed by atoms with van der Waals surface area (Å²) in [6, 6.07) is 12.1.